The number of hydrogen-bond acceptors (Lipinski definition) is 1. The smallest absolute Gasteiger partial charge is 0.322 e. The number of aryl methyl sites for hydroxylation is 1. The van der Waals surface area contributed by atoms with E-state index in [1.165, 1.54) is 11.8 Å². The van der Waals surface area contributed by atoms with Crippen LogP contribution in [0, 0.1) is 24.5 Å². The Hall–Kier alpha value is -2.37. The van der Waals surface area contributed by atoms with Gasteiger partial charge in [0.05, 0.1) is 11.7 Å². The molecule has 0 fully saturated rings. The van der Waals surface area contributed by atoms with Crippen LogP contribution in [0.15, 0.2) is 30.3 Å². The topological polar surface area (TPSA) is 37.3 Å². The summed E-state index contributed by atoms with van der Waals surface area (Å²) in [7, 11) is 0. The van der Waals surface area contributed by atoms with Gasteiger partial charge in [-0.1, -0.05) is 13.8 Å². The molecule has 1 atom stereocenters. The lowest BCUT2D eigenvalue weighted by Crippen LogP contribution is -2.46. The summed E-state index contributed by atoms with van der Waals surface area (Å²) < 4.78 is 29.0. The van der Waals surface area contributed by atoms with E-state index in [4.69, 9.17) is 0 Å². The molecule has 0 radical (unpaired) electrons. The van der Waals surface area contributed by atoms with Crippen LogP contribution in [0.4, 0.5) is 19.3 Å². The molecule has 1 N–H and O–H groups in total. The molecule has 128 valence electrons. The number of amides is 2. The average molecular weight is 333 g/mol. The SMILES string of the molecule is Cc1ccc2n1CCN(C(=O)Nc1ccc(F)cc1F)[C@H]2C(C)C. The lowest BCUT2D eigenvalue weighted by molar-refractivity contribution is 0.143. The Labute approximate surface area is 140 Å². The normalized spacial score (nSPS) is 17.1. The molecular weight excluding hydrogens is 312 g/mol. The summed E-state index contributed by atoms with van der Waals surface area (Å²) in [5.41, 5.74) is 2.24. The van der Waals surface area contributed by atoms with Crippen molar-refractivity contribution < 1.29 is 13.6 Å². The molecule has 0 saturated heterocycles. The standard InChI is InChI=1S/C18H21F2N3O/c1-11(2)17-16-7-4-12(3)22(16)8-9-23(17)18(24)21-15-6-5-13(19)10-14(15)20/h4-7,10-11,17H,8-9H2,1-3H3,(H,21,24)/t17-/m0/s1. The van der Waals surface area contributed by atoms with Gasteiger partial charge in [0.25, 0.3) is 0 Å². The zero-order chi connectivity index (χ0) is 17.4. The Morgan fingerprint density at radius 3 is 2.62 bits per heavy atom. The number of hydrogen-bond donors (Lipinski definition) is 1. The quantitative estimate of drug-likeness (QED) is 0.873. The van der Waals surface area contributed by atoms with Crippen molar-refractivity contribution >= 4 is 11.7 Å². The highest BCUT2D eigenvalue weighted by molar-refractivity contribution is 5.89. The van der Waals surface area contributed by atoms with Gasteiger partial charge in [-0.25, -0.2) is 13.6 Å². The zero-order valence-electron chi connectivity index (χ0n) is 14.0. The molecular formula is C18H21F2N3O. The Morgan fingerprint density at radius 2 is 1.96 bits per heavy atom. The number of nitrogens with one attached hydrogen (secondary N) is 1. The van der Waals surface area contributed by atoms with E-state index < -0.39 is 11.6 Å². The molecule has 0 bridgehead atoms. The van der Waals surface area contributed by atoms with Gasteiger partial charge in [0, 0.05) is 30.5 Å². The minimum atomic E-state index is -0.777. The fraction of sp³-hybridized carbons (Fsp3) is 0.389. The number of fused-ring (bicyclic) bond motifs is 1. The minimum absolute atomic E-state index is 0.0129. The highest BCUT2D eigenvalue weighted by atomic mass is 19.1. The maximum atomic E-state index is 13.8. The van der Waals surface area contributed by atoms with E-state index >= 15 is 0 Å². The van der Waals surface area contributed by atoms with Crippen LogP contribution in [0.25, 0.3) is 0 Å². The van der Waals surface area contributed by atoms with Crippen LogP contribution in [0.5, 0.6) is 0 Å². The summed E-state index contributed by atoms with van der Waals surface area (Å²) >= 11 is 0. The summed E-state index contributed by atoms with van der Waals surface area (Å²) in [4.78, 5) is 14.4. The lowest BCUT2D eigenvalue weighted by Gasteiger charge is -2.39. The minimum Gasteiger partial charge on any atom is -0.345 e. The Bertz CT molecular complexity index is 770. The second-order valence-electron chi connectivity index (χ2n) is 6.49. The molecule has 0 aliphatic carbocycles. The molecule has 6 heteroatoms. The Morgan fingerprint density at radius 1 is 1.21 bits per heavy atom. The molecule has 4 nitrogen and oxygen atoms in total. The number of nitrogens with zero attached hydrogens (tertiary/aromatic N) is 2. The largest absolute Gasteiger partial charge is 0.345 e. The van der Waals surface area contributed by atoms with Gasteiger partial charge < -0.3 is 14.8 Å². The van der Waals surface area contributed by atoms with Crippen molar-refractivity contribution in [2.75, 3.05) is 11.9 Å². The van der Waals surface area contributed by atoms with Crippen molar-refractivity contribution in [3.63, 3.8) is 0 Å². The van der Waals surface area contributed by atoms with Crippen molar-refractivity contribution in [2.24, 2.45) is 5.92 Å². The van der Waals surface area contributed by atoms with Gasteiger partial charge in [-0.15, -0.1) is 0 Å². The lowest BCUT2D eigenvalue weighted by atomic mass is 9.97. The number of carbonyl (C=O) groups excluding carboxylic acids is 1. The van der Waals surface area contributed by atoms with Crippen LogP contribution in [-0.2, 0) is 6.54 Å². The van der Waals surface area contributed by atoms with Gasteiger partial charge in [-0.3, -0.25) is 0 Å². The van der Waals surface area contributed by atoms with Crippen molar-refractivity contribution in [1.29, 1.82) is 0 Å². The molecule has 2 heterocycles. The molecule has 2 aromatic rings. The number of anilines is 1. The number of urea groups is 1. The van der Waals surface area contributed by atoms with Crippen LogP contribution in [0.1, 0.15) is 31.3 Å². The summed E-state index contributed by atoms with van der Waals surface area (Å²) in [6.07, 6.45) is 0. The molecule has 0 saturated carbocycles. The number of carbonyl (C=O) groups is 1. The molecule has 1 aliphatic rings. The number of aromatic nitrogens is 1. The molecule has 1 aromatic heterocycles. The predicted octanol–water partition coefficient (Wildman–Crippen LogP) is 4.32. The van der Waals surface area contributed by atoms with Gasteiger partial charge in [0.2, 0.25) is 0 Å². The molecule has 2 amide bonds. The van der Waals surface area contributed by atoms with E-state index in [1.807, 2.05) is 19.1 Å². The first-order chi connectivity index (χ1) is 11.4. The molecule has 24 heavy (non-hydrogen) atoms. The van der Waals surface area contributed by atoms with Gasteiger partial charge in [-0.2, -0.15) is 0 Å². The van der Waals surface area contributed by atoms with Gasteiger partial charge in [0.1, 0.15) is 11.6 Å². The Kier molecular flexibility index (Phi) is 4.30. The first kappa shape index (κ1) is 16.5. The highest BCUT2D eigenvalue weighted by Crippen LogP contribution is 2.34. The molecule has 1 aromatic carbocycles. The van der Waals surface area contributed by atoms with Gasteiger partial charge in [-0.05, 0) is 37.1 Å². The first-order valence-corrected chi connectivity index (χ1v) is 8.07. The van der Waals surface area contributed by atoms with E-state index in [-0.39, 0.29) is 23.7 Å². The number of halogens is 2. The highest BCUT2D eigenvalue weighted by Gasteiger charge is 2.33. The average Bonchev–Trinajstić information content (AvgIpc) is 2.90. The maximum Gasteiger partial charge on any atom is 0.322 e. The number of benzene rings is 1. The van der Waals surface area contributed by atoms with Crippen molar-refractivity contribution in [1.82, 2.24) is 9.47 Å². The number of rotatable bonds is 2. The third-order valence-electron chi connectivity index (χ3n) is 4.50. The molecule has 1 aliphatic heterocycles. The fourth-order valence-corrected chi connectivity index (χ4v) is 3.37. The van der Waals surface area contributed by atoms with Crippen LogP contribution in [-0.4, -0.2) is 22.0 Å². The van der Waals surface area contributed by atoms with E-state index in [2.05, 4.69) is 23.7 Å². The first-order valence-electron chi connectivity index (χ1n) is 8.07. The van der Waals surface area contributed by atoms with Crippen LogP contribution in [0.2, 0.25) is 0 Å². The van der Waals surface area contributed by atoms with E-state index in [0.29, 0.717) is 13.1 Å². The maximum absolute atomic E-state index is 13.8. The molecule has 0 unspecified atom stereocenters. The van der Waals surface area contributed by atoms with Crippen molar-refractivity contribution in [3.8, 4) is 0 Å². The second-order valence-corrected chi connectivity index (χ2v) is 6.49. The van der Waals surface area contributed by atoms with Gasteiger partial charge >= 0.3 is 6.03 Å². The third kappa shape index (κ3) is 2.88. The summed E-state index contributed by atoms with van der Waals surface area (Å²) in [5.74, 6) is -1.24. The van der Waals surface area contributed by atoms with E-state index in [1.54, 1.807) is 4.90 Å². The van der Waals surface area contributed by atoms with E-state index in [0.717, 1.165) is 17.8 Å². The third-order valence-corrected chi connectivity index (χ3v) is 4.50. The van der Waals surface area contributed by atoms with E-state index in [9.17, 15) is 13.6 Å². The van der Waals surface area contributed by atoms with Crippen LogP contribution in [0.3, 0.4) is 0 Å². The summed E-state index contributed by atoms with van der Waals surface area (Å²) in [6.45, 7) is 7.41. The Balaban J connectivity index is 1.86. The predicted molar refractivity (Wildman–Crippen MR) is 88.8 cm³/mol. The monoisotopic (exact) mass is 333 g/mol. The van der Waals surface area contributed by atoms with Crippen molar-refractivity contribution in [3.05, 3.63) is 53.4 Å². The van der Waals surface area contributed by atoms with Crippen LogP contribution >= 0.6 is 0 Å². The summed E-state index contributed by atoms with van der Waals surface area (Å²) in [6, 6.07) is 6.76. The van der Waals surface area contributed by atoms with Gasteiger partial charge in [0.15, 0.2) is 0 Å². The van der Waals surface area contributed by atoms with Crippen molar-refractivity contribution in [2.45, 2.75) is 33.4 Å². The zero-order valence-corrected chi connectivity index (χ0v) is 14.0. The fourth-order valence-electron chi connectivity index (χ4n) is 3.37. The second kappa shape index (κ2) is 6.26. The molecule has 0 spiro atoms. The van der Waals surface area contributed by atoms with Crippen LogP contribution < -0.4 is 5.32 Å². The molecule has 3 rings (SSSR count). The summed E-state index contributed by atoms with van der Waals surface area (Å²) in [5, 5.41) is 2.57.